The molecular formula is C16H18O5. The molecule has 112 valence electrons. The van der Waals surface area contributed by atoms with E-state index in [9.17, 15) is 14.4 Å². The SMILES string of the molecule is C=C1C(=O)OC2CC(C)=C3CCC(=O)C3C(OC(C)=O)C12. The van der Waals surface area contributed by atoms with Gasteiger partial charge in [0, 0.05) is 25.3 Å². The molecule has 2 aliphatic carbocycles. The Morgan fingerprint density at radius 2 is 2.05 bits per heavy atom. The molecule has 21 heavy (non-hydrogen) atoms. The van der Waals surface area contributed by atoms with Crippen molar-refractivity contribution in [1.29, 1.82) is 0 Å². The summed E-state index contributed by atoms with van der Waals surface area (Å²) in [5.41, 5.74) is 2.42. The van der Waals surface area contributed by atoms with Crippen LogP contribution in [0.4, 0.5) is 0 Å². The third-order valence-electron chi connectivity index (χ3n) is 4.73. The summed E-state index contributed by atoms with van der Waals surface area (Å²) in [6.45, 7) is 7.06. The first-order chi connectivity index (χ1) is 9.90. The normalized spacial score (nSPS) is 35.2. The minimum atomic E-state index is -0.672. The highest BCUT2D eigenvalue weighted by molar-refractivity contribution is 5.93. The highest BCUT2D eigenvalue weighted by atomic mass is 16.6. The number of hydrogen-bond donors (Lipinski definition) is 0. The van der Waals surface area contributed by atoms with Gasteiger partial charge < -0.3 is 9.47 Å². The Labute approximate surface area is 123 Å². The quantitative estimate of drug-likeness (QED) is 0.418. The third-order valence-corrected chi connectivity index (χ3v) is 4.73. The van der Waals surface area contributed by atoms with Crippen LogP contribution in [0.25, 0.3) is 0 Å². The highest BCUT2D eigenvalue weighted by Gasteiger charge is 2.53. The van der Waals surface area contributed by atoms with E-state index in [4.69, 9.17) is 9.47 Å². The zero-order valence-electron chi connectivity index (χ0n) is 12.2. The molecule has 1 aliphatic heterocycles. The van der Waals surface area contributed by atoms with Gasteiger partial charge in [-0.15, -0.1) is 0 Å². The van der Waals surface area contributed by atoms with E-state index in [1.165, 1.54) is 6.92 Å². The maximum Gasteiger partial charge on any atom is 0.334 e. The van der Waals surface area contributed by atoms with Gasteiger partial charge in [-0.1, -0.05) is 17.7 Å². The summed E-state index contributed by atoms with van der Waals surface area (Å²) in [6.07, 6.45) is 0.682. The molecule has 1 saturated heterocycles. The molecule has 0 bridgehead atoms. The molecule has 5 heteroatoms. The number of carbonyl (C=O) groups excluding carboxylic acids is 3. The Hall–Kier alpha value is -1.91. The fourth-order valence-corrected chi connectivity index (χ4v) is 3.82. The predicted molar refractivity (Wildman–Crippen MR) is 73.1 cm³/mol. The molecule has 3 aliphatic rings. The number of esters is 2. The Morgan fingerprint density at radius 1 is 1.33 bits per heavy atom. The summed E-state index contributed by atoms with van der Waals surface area (Å²) in [7, 11) is 0. The van der Waals surface area contributed by atoms with Gasteiger partial charge in [0.25, 0.3) is 0 Å². The lowest BCUT2D eigenvalue weighted by molar-refractivity contribution is -0.153. The first-order valence-corrected chi connectivity index (χ1v) is 7.18. The van der Waals surface area contributed by atoms with Crippen molar-refractivity contribution in [2.24, 2.45) is 11.8 Å². The molecule has 0 aromatic heterocycles. The van der Waals surface area contributed by atoms with Crippen LogP contribution in [0.1, 0.15) is 33.1 Å². The molecule has 0 aromatic rings. The number of fused-ring (bicyclic) bond motifs is 2. The Bertz CT molecular complexity index is 585. The summed E-state index contributed by atoms with van der Waals surface area (Å²) in [4.78, 5) is 35.6. The van der Waals surface area contributed by atoms with Crippen LogP contribution in [0.3, 0.4) is 0 Å². The van der Waals surface area contributed by atoms with Crippen LogP contribution in [0, 0.1) is 11.8 Å². The average Bonchev–Trinajstić information content (AvgIpc) is 2.86. The van der Waals surface area contributed by atoms with E-state index in [2.05, 4.69) is 6.58 Å². The molecule has 5 nitrogen and oxygen atoms in total. The van der Waals surface area contributed by atoms with Crippen LogP contribution in [0.5, 0.6) is 0 Å². The van der Waals surface area contributed by atoms with Gasteiger partial charge in [0.05, 0.1) is 11.8 Å². The average molecular weight is 290 g/mol. The Morgan fingerprint density at radius 3 is 2.71 bits per heavy atom. The smallest absolute Gasteiger partial charge is 0.334 e. The third kappa shape index (κ3) is 2.11. The molecule has 0 radical (unpaired) electrons. The second kappa shape index (κ2) is 4.83. The van der Waals surface area contributed by atoms with Crippen LogP contribution >= 0.6 is 0 Å². The fourth-order valence-electron chi connectivity index (χ4n) is 3.82. The molecule has 0 aromatic carbocycles. The van der Waals surface area contributed by atoms with Crippen LogP contribution in [-0.2, 0) is 23.9 Å². The van der Waals surface area contributed by atoms with Crippen molar-refractivity contribution < 1.29 is 23.9 Å². The number of ketones is 1. The number of hydrogen-bond acceptors (Lipinski definition) is 5. The zero-order chi connectivity index (χ0) is 15.3. The van der Waals surface area contributed by atoms with Crippen LogP contribution < -0.4 is 0 Å². The molecule has 0 N–H and O–H groups in total. The van der Waals surface area contributed by atoms with E-state index < -0.39 is 29.9 Å². The van der Waals surface area contributed by atoms with Gasteiger partial charge >= 0.3 is 11.9 Å². The molecule has 1 heterocycles. The minimum absolute atomic E-state index is 0.0726. The van der Waals surface area contributed by atoms with Crippen molar-refractivity contribution in [2.45, 2.75) is 45.3 Å². The number of ether oxygens (including phenoxy) is 2. The molecule has 4 unspecified atom stereocenters. The molecule has 3 rings (SSSR count). The molecular weight excluding hydrogens is 272 g/mol. The molecule has 4 atom stereocenters. The second-order valence-corrected chi connectivity index (χ2v) is 6.02. The van der Waals surface area contributed by atoms with Gasteiger partial charge in [-0.05, 0) is 13.3 Å². The summed E-state index contributed by atoms with van der Waals surface area (Å²) >= 11 is 0. The van der Waals surface area contributed by atoms with Gasteiger partial charge in [0.1, 0.15) is 18.0 Å². The van der Waals surface area contributed by atoms with Gasteiger partial charge in [-0.3, -0.25) is 9.59 Å². The molecule has 2 fully saturated rings. The summed E-state index contributed by atoms with van der Waals surface area (Å²) in [5.74, 6) is -1.72. The van der Waals surface area contributed by atoms with E-state index in [0.29, 0.717) is 24.8 Å². The maximum absolute atomic E-state index is 12.3. The standard InChI is InChI=1S/C16H18O5/c1-7-6-12-13(8(2)16(19)21-12)15(20-9(3)17)14-10(7)4-5-11(14)18/h12-15H,2,4-6H2,1,3H3. The topological polar surface area (TPSA) is 69.7 Å². The lowest BCUT2D eigenvalue weighted by atomic mass is 9.83. The molecule has 0 amide bonds. The van der Waals surface area contributed by atoms with Gasteiger partial charge in [0.2, 0.25) is 0 Å². The lowest BCUT2D eigenvalue weighted by Crippen LogP contribution is -2.39. The van der Waals surface area contributed by atoms with E-state index in [1.54, 1.807) is 0 Å². The van der Waals surface area contributed by atoms with Crippen molar-refractivity contribution >= 4 is 17.7 Å². The van der Waals surface area contributed by atoms with Crippen LogP contribution in [-0.4, -0.2) is 29.9 Å². The van der Waals surface area contributed by atoms with E-state index in [0.717, 1.165) is 11.1 Å². The summed E-state index contributed by atoms with van der Waals surface area (Å²) < 4.78 is 10.8. The van der Waals surface area contributed by atoms with E-state index >= 15 is 0 Å². The Balaban J connectivity index is 2.08. The number of Topliss-reactive ketones (excluding diaryl/α,β-unsaturated/α-hetero) is 1. The van der Waals surface area contributed by atoms with Gasteiger partial charge in [0.15, 0.2) is 0 Å². The van der Waals surface area contributed by atoms with Crippen molar-refractivity contribution in [2.75, 3.05) is 0 Å². The van der Waals surface area contributed by atoms with Gasteiger partial charge in [-0.25, -0.2) is 4.79 Å². The molecule has 1 saturated carbocycles. The number of rotatable bonds is 1. The van der Waals surface area contributed by atoms with Crippen LogP contribution in [0.2, 0.25) is 0 Å². The van der Waals surface area contributed by atoms with Gasteiger partial charge in [-0.2, -0.15) is 0 Å². The Kier molecular flexibility index (Phi) is 3.23. The number of carbonyl (C=O) groups is 3. The zero-order valence-corrected chi connectivity index (χ0v) is 12.2. The van der Waals surface area contributed by atoms with Crippen LogP contribution in [0.15, 0.2) is 23.3 Å². The van der Waals surface area contributed by atoms with Crippen molar-refractivity contribution in [3.8, 4) is 0 Å². The van der Waals surface area contributed by atoms with Crippen molar-refractivity contribution in [3.63, 3.8) is 0 Å². The summed E-state index contributed by atoms with van der Waals surface area (Å²) in [5, 5.41) is 0. The molecule has 0 spiro atoms. The van der Waals surface area contributed by atoms with Crippen molar-refractivity contribution in [3.05, 3.63) is 23.3 Å². The largest absolute Gasteiger partial charge is 0.461 e. The minimum Gasteiger partial charge on any atom is -0.461 e. The monoisotopic (exact) mass is 290 g/mol. The van der Waals surface area contributed by atoms with E-state index in [1.807, 2.05) is 6.92 Å². The fraction of sp³-hybridized carbons (Fsp3) is 0.562. The maximum atomic E-state index is 12.3. The first-order valence-electron chi connectivity index (χ1n) is 7.18. The van der Waals surface area contributed by atoms with Crippen molar-refractivity contribution in [1.82, 2.24) is 0 Å². The summed E-state index contributed by atoms with van der Waals surface area (Å²) in [6, 6.07) is 0. The van der Waals surface area contributed by atoms with E-state index in [-0.39, 0.29) is 11.9 Å². The lowest BCUT2D eigenvalue weighted by Gasteiger charge is -2.28. The first kappa shape index (κ1) is 14.0. The predicted octanol–water partition coefficient (Wildman–Crippen LogP) is 1.72. The highest BCUT2D eigenvalue weighted by Crippen LogP contribution is 2.47. The second-order valence-electron chi connectivity index (χ2n) is 6.02.